The predicted octanol–water partition coefficient (Wildman–Crippen LogP) is 1.49. The molecule has 0 spiro atoms. The third kappa shape index (κ3) is 3.20. The van der Waals surface area contributed by atoms with Gasteiger partial charge in [-0.25, -0.2) is 0 Å². The van der Waals surface area contributed by atoms with Crippen molar-refractivity contribution in [3.8, 4) is 5.75 Å². The van der Waals surface area contributed by atoms with Gasteiger partial charge in [0.15, 0.2) is 0 Å². The van der Waals surface area contributed by atoms with Gasteiger partial charge in [0.25, 0.3) is 0 Å². The number of carbonyl (C=O) groups excluding carboxylic acids is 1. The van der Waals surface area contributed by atoms with Gasteiger partial charge in [-0.05, 0) is 37.1 Å². The zero-order chi connectivity index (χ0) is 12.1. The summed E-state index contributed by atoms with van der Waals surface area (Å²) in [5, 5.41) is 3.12. The van der Waals surface area contributed by atoms with Gasteiger partial charge in [-0.2, -0.15) is 0 Å². The van der Waals surface area contributed by atoms with Crippen molar-refractivity contribution in [1.82, 2.24) is 5.32 Å². The highest BCUT2D eigenvalue weighted by Crippen LogP contribution is 2.13. The molecule has 1 aliphatic rings. The standard InChI is InChI=1S/C13H17NO3/c1-16-11-6-4-10(5-7-11)9-17-13(15)12-3-2-8-14-12/h4-7,12,14H,2-3,8-9H2,1H3/t12-/m0/s1. The van der Waals surface area contributed by atoms with Crippen LogP contribution in [0.1, 0.15) is 18.4 Å². The van der Waals surface area contributed by atoms with Crippen LogP contribution in [-0.4, -0.2) is 25.7 Å². The lowest BCUT2D eigenvalue weighted by atomic mass is 10.2. The Morgan fingerprint density at radius 3 is 2.76 bits per heavy atom. The maximum absolute atomic E-state index is 11.6. The van der Waals surface area contributed by atoms with Gasteiger partial charge in [0.05, 0.1) is 7.11 Å². The van der Waals surface area contributed by atoms with Crippen molar-refractivity contribution in [2.75, 3.05) is 13.7 Å². The quantitative estimate of drug-likeness (QED) is 0.803. The average molecular weight is 235 g/mol. The molecule has 1 aliphatic heterocycles. The Kier molecular flexibility index (Phi) is 3.98. The van der Waals surface area contributed by atoms with Crippen LogP contribution >= 0.6 is 0 Å². The fourth-order valence-electron chi connectivity index (χ4n) is 1.86. The fraction of sp³-hybridized carbons (Fsp3) is 0.462. The molecule has 0 unspecified atom stereocenters. The molecular formula is C13H17NO3. The molecule has 0 saturated carbocycles. The molecule has 1 heterocycles. The third-order valence-electron chi connectivity index (χ3n) is 2.88. The molecule has 1 saturated heterocycles. The summed E-state index contributed by atoms with van der Waals surface area (Å²) in [6.07, 6.45) is 1.92. The maximum Gasteiger partial charge on any atom is 0.323 e. The van der Waals surface area contributed by atoms with E-state index in [0.29, 0.717) is 6.61 Å². The van der Waals surface area contributed by atoms with Crippen LogP contribution in [0.3, 0.4) is 0 Å². The lowest BCUT2D eigenvalue weighted by Gasteiger charge is -2.10. The number of hydrogen-bond acceptors (Lipinski definition) is 4. The largest absolute Gasteiger partial charge is 0.497 e. The maximum atomic E-state index is 11.6. The molecule has 1 aromatic rings. The first-order valence-corrected chi connectivity index (χ1v) is 5.82. The summed E-state index contributed by atoms with van der Waals surface area (Å²) >= 11 is 0. The fourth-order valence-corrected chi connectivity index (χ4v) is 1.86. The summed E-state index contributed by atoms with van der Waals surface area (Å²) in [5.74, 6) is 0.649. The molecule has 1 atom stereocenters. The normalized spacial score (nSPS) is 19.0. The van der Waals surface area contributed by atoms with Crippen molar-refractivity contribution in [3.63, 3.8) is 0 Å². The van der Waals surface area contributed by atoms with Crippen molar-refractivity contribution >= 4 is 5.97 Å². The van der Waals surface area contributed by atoms with Crippen LogP contribution < -0.4 is 10.1 Å². The molecule has 0 amide bonds. The van der Waals surface area contributed by atoms with Gasteiger partial charge >= 0.3 is 5.97 Å². The number of nitrogens with one attached hydrogen (secondary N) is 1. The first-order valence-electron chi connectivity index (χ1n) is 5.82. The number of ether oxygens (including phenoxy) is 2. The third-order valence-corrected chi connectivity index (χ3v) is 2.88. The van der Waals surface area contributed by atoms with Crippen molar-refractivity contribution < 1.29 is 14.3 Å². The summed E-state index contributed by atoms with van der Waals surface area (Å²) < 4.78 is 10.3. The molecule has 0 aliphatic carbocycles. The van der Waals surface area contributed by atoms with E-state index in [9.17, 15) is 4.79 Å². The number of hydrogen-bond donors (Lipinski definition) is 1. The first-order chi connectivity index (χ1) is 8.29. The van der Waals surface area contributed by atoms with E-state index in [2.05, 4.69) is 5.32 Å². The molecule has 2 rings (SSSR count). The van der Waals surface area contributed by atoms with Crippen molar-refractivity contribution in [1.29, 1.82) is 0 Å². The summed E-state index contributed by atoms with van der Waals surface area (Å²) in [5.41, 5.74) is 0.970. The second kappa shape index (κ2) is 5.68. The molecule has 1 N–H and O–H groups in total. The van der Waals surface area contributed by atoms with Crippen LogP contribution in [0.15, 0.2) is 24.3 Å². The van der Waals surface area contributed by atoms with E-state index in [-0.39, 0.29) is 12.0 Å². The number of benzene rings is 1. The topological polar surface area (TPSA) is 47.6 Å². The molecular weight excluding hydrogens is 218 g/mol. The lowest BCUT2D eigenvalue weighted by molar-refractivity contribution is -0.147. The van der Waals surface area contributed by atoms with Crippen LogP contribution in [0.25, 0.3) is 0 Å². The summed E-state index contributed by atoms with van der Waals surface area (Å²) in [4.78, 5) is 11.6. The van der Waals surface area contributed by atoms with Crippen LogP contribution in [0.2, 0.25) is 0 Å². The molecule has 0 bridgehead atoms. The number of methoxy groups -OCH3 is 1. The molecule has 4 heteroatoms. The Hall–Kier alpha value is -1.55. The van der Waals surface area contributed by atoms with E-state index in [1.54, 1.807) is 7.11 Å². The molecule has 1 fully saturated rings. The van der Waals surface area contributed by atoms with Crippen LogP contribution in [0.4, 0.5) is 0 Å². The SMILES string of the molecule is COc1ccc(COC(=O)[C@@H]2CCCN2)cc1. The second-order valence-electron chi connectivity index (χ2n) is 4.10. The van der Waals surface area contributed by atoms with Crippen molar-refractivity contribution in [2.24, 2.45) is 0 Å². The van der Waals surface area contributed by atoms with E-state index >= 15 is 0 Å². The minimum absolute atomic E-state index is 0.117. The molecule has 0 aromatic heterocycles. The Labute approximate surface area is 101 Å². The van der Waals surface area contributed by atoms with E-state index in [1.807, 2.05) is 24.3 Å². The van der Waals surface area contributed by atoms with Crippen LogP contribution in [0, 0.1) is 0 Å². The zero-order valence-electron chi connectivity index (χ0n) is 9.94. The highest BCUT2D eigenvalue weighted by atomic mass is 16.5. The van der Waals surface area contributed by atoms with Gasteiger partial charge in [0.2, 0.25) is 0 Å². The minimum atomic E-state index is -0.154. The van der Waals surface area contributed by atoms with Gasteiger partial charge in [-0.3, -0.25) is 4.79 Å². The summed E-state index contributed by atoms with van der Waals surface area (Å²) in [6.45, 7) is 1.23. The Morgan fingerprint density at radius 2 is 2.18 bits per heavy atom. The van der Waals surface area contributed by atoms with Gasteiger partial charge in [-0.15, -0.1) is 0 Å². The minimum Gasteiger partial charge on any atom is -0.497 e. The van der Waals surface area contributed by atoms with E-state index in [0.717, 1.165) is 30.7 Å². The van der Waals surface area contributed by atoms with Gasteiger partial charge in [0, 0.05) is 0 Å². The Balaban J connectivity index is 1.82. The molecule has 17 heavy (non-hydrogen) atoms. The predicted molar refractivity (Wildman–Crippen MR) is 63.8 cm³/mol. The summed E-state index contributed by atoms with van der Waals surface area (Å²) in [6, 6.07) is 7.39. The highest BCUT2D eigenvalue weighted by molar-refractivity contribution is 5.76. The first kappa shape index (κ1) is 11.9. The van der Waals surface area contributed by atoms with Crippen molar-refractivity contribution in [3.05, 3.63) is 29.8 Å². The smallest absolute Gasteiger partial charge is 0.323 e. The molecule has 0 radical (unpaired) electrons. The van der Waals surface area contributed by atoms with Gasteiger partial charge < -0.3 is 14.8 Å². The second-order valence-corrected chi connectivity index (χ2v) is 4.10. The molecule has 4 nitrogen and oxygen atoms in total. The van der Waals surface area contributed by atoms with E-state index < -0.39 is 0 Å². The van der Waals surface area contributed by atoms with Crippen LogP contribution in [0.5, 0.6) is 5.75 Å². The highest BCUT2D eigenvalue weighted by Gasteiger charge is 2.23. The van der Waals surface area contributed by atoms with Crippen molar-refractivity contribution in [2.45, 2.75) is 25.5 Å². The number of carbonyl (C=O) groups is 1. The average Bonchev–Trinajstić information content (AvgIpc) is 2.90. The molecule has 1 aromatic carbocycles. The Bertz CT molecular complexity index is 369. The number of esters is 1. The van der Waals surface area contributed by atoms with Gasteiger partial charge in [-0.1, -0.05) is 12.1 Å². The lowest BCUT2D eigenvalue weighted by Crippen LogP contribution is -2.32. The molecule has 92 valence electrons. The van der Waals surface area contributed by atoms with Crippen LogP contribution in [-0.2, 0) is 16.1 Å². The van der Waals surface area contributed by atoms with E-state index in [4.69, 9.17) is 9.47 Å². The summed E-state index contributed by atoms with van der Waals surface area (Å²) in [7, 11) is 1.63. The van der Waals surface area contributed by atoms with Gasteiger partial charge in [0.1, 0.15) is 18.4 Å². The zero-order valence-corrected chi connectivity index (χ0v) is 9.94. The number of rotatable bonds is 4. The Morgan fingerprint density at radius 1 is 1.41 bits per heavy atom. The van der Waals surface area contributed by atoms with E-state index in [1.165, 1.54) is 0 Å². The monoisotopic (exact) mass is 235 g/mol.